The second-order valence-electron chi connectivity index (χ2n) is 5.45. The molecule has 1 saturated carbocycles. The molecule has 2 unspecified atom stereocenters. The zero-order valence-corrected chi connectivity index (χ0v) is 14.0. The molecule has 0 radical (unpaired) electrons. The van der Waals surface area contributed by atoms with E-state index in [1.807, 2.05) is 6.07 Å². The Hall–Kier alpha value is -1.77. The third kappa shape index (κ3) is 4.37. The Morgan fingerprint density at radius 3 is 2.74 bits per heavy atom. The van der Waals surface area contributed by atoms with Crippen molar-refractivity contribution in [3.05, 3.63) is 33.8 Å². The highest BCUT2D eigenvalue weighted by molar-refractivity contribution is 6.43. The molecule has 1 aliphatic rings. The van der Waals surface area contributed by atoms with Crippen LogP contribution in [0.15, 0.2) is 18.2 Å². The second kappa shape index (κ2) is 8.19. The van der Waals surface area contributed by atoms with Crippen LogP contribution in [0, 0.1) is 17.2 Å². The van der Waals surface area contributed by atoms with Gasteiger partial charge in [0.2, 0.25) is 5.91 Å². The number of carbonyl (C=O) groups is 2. The Morgan fingerprint density at radius 2 is 2.00 bits per heavy atom. The summed E-state index contributed by atoms with van der Waals surface area (Å²) in [6, 6.07) is 6.47. The molecule has 2 N–H and O–H groups in total. The molecule has 23 heavy (non-hydrogen) atoms. The molecule has 0 bridgehead atoms. The molecule has 1 fully saturated rings. The molecule has 1 aliphatic carbocycles. The SMILES string of the molecule is N#CCNC(=O)C1CCCCC1NC(=O)c1cccc(Cl)c1Cl. The minimum absolute atomic E-state index is 0.0316. The number of hydrogen-bond acceptors (Lipinski definition) is 3. The van der Waals surface area contributed by atoms with Gasteiger partial charge in [0.15, 0.2) is 0 Å². The number of nitrogens with zero attached hydrogens (tertiary/aromatic N) is 1. The third-order valence-electron chi connectivity index (χ3n) is 3.96. The largest absolute Gasteiger partial charge is 0.348 e. The average Bonchev–Trinajstić information content (AvgIpc) is 2.55. The quantitative estimate of drug-likeness (QED) is 0.816. The summed E-state index contributed by atoms with van der Waals surface area (Å²) in [7, 11) is 0. The summed E-state index contributed by atoms with van der Waals surface area (Å²) in [4.78, 5) is 24.6. The summed E-state index contributed by atoms with van der Waals surface area (Å²) >= 11 is 12.0. The number of amides is 2. The molecule has 0 aliphatic heterocycles. The maximum absolute atomic E-state index is 12.4. The lowest BCUT2D eigenvalue weighted by molar-refractivity contribution is -0.126. The zero-order valence-electron chi connectivity index (χ0n) is 12.4. The lowest BCUT2D eigenvalue weighted by Gasteiger charge is -2.31. The molecular weight excluding hydrogens is 337 g/mol. The molecule has 2 amide bonds. The van der Waals surface area contributed by atoms with E-state index in [9.17, 15) is 9.59 Å². The van der Waals surface area contributed by atoms with Gasteiger partial charge in [-0.05, 0) is 25.0 Å². The predicted molar refractivity (Wildman–Crippen MR) is 88.3 cm³/mol. The van der Waals surface area contributed by atoms with Gasteiger partial charge >= 0.3 is 0 Å². The van der Waals surface area contributed by atoms with Gasteiger partial charge in [0, 0.05) is 6.04 Å². The first kappa shape index (κ1) is 17.6. The van der Waals surface area contributed by atoms with Gasteiger partial charge < -0.3 is 10.6 Å². The van der Waals surface area contributed by atoms with Crippen molar-refractivity contribution < 1.29 is 9.59 Å². The van der Waals surface area contributed by atoms with Gasteiger partial charge in [0.1, 0.15) is 6.54 Å². The average molecular weight is 354 g/mol. The van der Waals surface area contributed by atoms with Gasteiger partial charge in [-0.2, -0.15) is 5.26 Å². The Morgan fingerprint density at radius 1 is 1.26 bits per heavy atom. The maximum atomic E-state index is 12.4. The lowest BCUT2D eigenvalue weighted by atomic mass is 9.83. The smallest absolute Gasteiger partial charge is 0.253 e. The Kier molecular flexibility index (Phi) is 6.26. The first-order valence-corrected chi connectivity index (χ1v) is 8.19. The summed E-state index contributed by atoms with van der Waals surface area (Å²) in [6.07, 6.45) is 3.27. The zero-order chi connectivity index (χ0) is 16.8. The number of benzene rings is 1. The first-order valence-electron chi connectivity index (χ1n) is 7.44. The molecule has 2 rings (SSSR count). The third-order valence-corrected chi connectivity index (χ3v) is 4.78. The van der Waals surface area contributed by atoms with Crippen molar-refractivity contribution in [2.24, 2.45) is 5.92 Å². The van der Waals surface area contributed by atoms with Crippen LogP contribution in [0.25, 0.3) is 0 Å². The molecule has 1 aromatic carbocycles. The van der Waals surface area contributed by atoms with E-state index in [1.54, 1.807) is 18.2 Å². The minimum Gasteiger partial charge on any atom is -0.348 e. The van der Waals surface area contributed by atoms with Crippen LogP contribution in [-0.2, 0) is 4.79 Å². The van der Waals surface area contributed by atoms with Crippen LogP contribution < -0.4 is 10.6 Å². The van der Waals surface area contributed by atoms with Crippen molar-refractivity contribution in [2.75, 3.05) is 6.54 Å². The molecule has 2 atom stereocenters. The summed E-state index contributed by atoms with van der Waals surface area (Å²) in [6.45, 7) is -0.0316. The normalized spacial score (nSPS) is 20.4. The number of halogens is 2. The Balaban J connectivity index is 2.09. The number of carbonyl (C=O) groups excluding carboxylic acids is 2. The lowest BCUT2D eigenvalue weighted by Crippen LogP contribution is -2.48. The van der Waals surface area contributed by atoms with Crippen molar-refractivity contribution in [3.63, 3.8) is 0 Å². The van der Waals surface area contributed by atoms with Crippen molar-refractivity contribution in [1.29, 1.82) is 5.26 Å². The van der Waals surface area contributed by atoms with Gasteiger partial charge in [-0.1, -0.05) is 42.1 Å². The highest BCUT2D eigenvalue weighted by Crippen LogP contribution is 2.28. The van der Waals surface area contributed by atoms with Crippen molar-refractivity contribution in [1.82, 2.24) is 10.6 Å². The van der Waals surface area contributed by atoms with Gasteiger partial charge in [0.25, 0.3) is 5.91 Å². The molecular formula is C16H17Cl2N3O2. The van der Waals surface area contributed by atoms with Crippen LogP contribution in [0.5, 0.6) is 0 Å². The number of nitriles is 1. The van der Waals surface area contributed by atoms with E-state index in [0.29, 0.717) is 23.4 Å². The highest BCUT2D eigenvalue weighted by atomic mass is 35.5. The number of hydrogen-bond donors (Lipinski definition) is 2. The minimum atomic E-state index is -0.345. The van der Waals surface area contributed by atoms with Crippen LogP contribution >= 0.6 is 23.2 Å². The van der Waals surface area contributed by atoms with Gasteiger partial charge in [0.05, 0.1) is 27.6 Å². The van der Waals surface area contributed by atoms with Crippen LogP contribution in [0.3, 0.4) is 0 Å². The van der Waals surface area contributed by atoms with E-state index in [4.69, 9.17) is 28.5 Å². The van der Waals surface area contributed by atoms with Gasteiger partial charge in [-0.15, -0.1) is 0 Å². The standard InChI is InChI=1S/C16H17Cl2N3O2/c17-12-6-3-5-11(14(12)18)16(23)21-13-7-2-1-4-10(13)15(22)20-9-8-19/h3,5-6,10,13H,1-2,4,7,9H2,(H,20,22)(H,21,23). The maximum Gasteiger partial charge on any atom is 0.253 e. The number of nitrogens with one attached hydrogen (secondary N) is 2. The van der Waals surface area contributed by atoms with E-state index < -0.39 is 0 Å². The van der Waals surface area contributed by atoms with Crippen LogP contribution in [0.1, 0.15) is 36.0 Å². The van der Waals surface area contributed by atoms with E-state index in [2.05, 4.69) is 10.6 Å². The monoisotopic (exact) mass is 353 g/mol. The summed E-state index contributed by atoms with van der Waals surface area (Å²) in [5.74, 6) is -0.879. The second-order valence-corrected chi connectivity index (χ2v) is 6.23. The van der Waals surface area contributed by atoms with Crippen molar-refractivity contribution in [2.45, 2.75) is 31.7 Å². The Labute approximate surface area is 144 Å². The molecule has 0 heterocycles. The molecule has 1 aromatic rings. The van der Waals surface area contributed by atoms with Crippen LogP contribution in [0.2, 0.25) is 10.0 Å². The topological polar surface area (TPSA) is 82.0 Å². The van der Waals surface area contributed by atoms with E-state index in [0.717, 1.165) is 12.8 Å². The van der Waals surface area contributed by atoms with E-state index in [1.165, 1.54) is 0 Å². The van der Waals surface area contributed by atoms with Crippen molar-refractivity contribution >= 4 is 35.0 Å². The fraction of sp³-hybridized carbons (Fsp3) is 0.438. The molecule has 0 aromatic heterocycles. The van der Waals surface area contributed by atoms with Crippen molar-refractivity contribution in [3.8, 4) is 6.07 Å². The van der Waals surface area contributed by atoms with Crippen LogP contribution in [-0.4, -0.2) is 24.4 Å². The summed E-state index contributed by atoms with van der Waals surface area (Å²) < 4.78 is 0. The van der Waals surface area contributed by atoms with E-state index in [-0.39, 0.29) is 35.3 Å². The summed E-state index contributed by atoms with van der Waals surface area (Å²) in [5.41, 5.74) is 0.293. The molecule has 0 saturated heterocycles. The summed E-state index contributed by atoms with van der Waals surface area (Å²) in [5, 5.41) is 14.5. The fourth-order valence-electron chi connectivity index (χ4n) is 2.80. The van der Waals surface area contributed by atoms with Gasteiger partial charge in [-0.25, -0.2) is 0 Å². The molecule has 5 nitrogen and oxygen atoms in total. The predicted octanol–water partition coefficient (Wildman–Crippen LogP) is 2.92. The Bertz CT molecular complexity index is 643. The molecule has 122 valence electrons. The number of rotatable bonds is 4. The molecule has 7 heteroatoms. The molecule has 0 spiro atoms. The fourth-order valence-corrected chi connectivity index (χ4v) is 3.19. The highest BCUT2D eigenvalue weighted by Gasteiger charge is 2.32. The van der Waals surface area contributed by atoms with Crippen LogP contribution in [0.4, 0.5) is 0 Å². The first-order chi connectivity index (χ1) is 11.0. The van der Waals surface area contributed by atoms with E-state index >= 15 is 0 Å². The van der Waals surface area contributed by atoms with Gasteiger partial charge in [-0.3, -0.25) is 9.59 Å².